The maximum atomic E-state index is 12.0. The van der Waals surface area contributed by atoms with Gasteiger partial charge in [0.2, 0.25) is 10.0 Å². The van der Waals surface area contributed by atoms with E-state index in [4.69, 9.17) is 16.3 Å². The van der Waals surface area contributed by atoms with Crippen LogP contribution in [0.2, 0.25) is 0 Å². The molecule has 1 saturated heterocycles. The van der Waals surface area contributed by atoms with Crippen LogP contribution in [-0.2, 0) is 14.8 Å². The Morgan fingerprint density at radius 3 is 2.83 bits per heavy atom. The molecule has 0 saturated carbocycles. The van der Waals surface area contributed by atoms with Crippen molar-refractivity contribution in [3.63, 3.8) is 0 Å². The summed E-state index contributed by atoms with van der Waals surface area (Å²) < 4.78 is 31.7. The van der Waals surface area contributed by atoms with E-state index in [9.17, 15) is 13.2 Å². The Hall–Kier alpha value is -0.950. The second-order valence-corrected chi connectivity index (χ2v) is 6.04. The second kappa shape index (κ2) is 5.36. The van der Waals surface area contributed by atoms with Gasteiger partial charge in [-0.2, -0.15) is 0 Å². The second-order valence-electron chi connectivity index (χ2n) is 3.98. The van der Waals surface area contributed by atoms with Gasteiger partial charge in [-0.3, -0.25) is 4.79 Å². The minimum absolute atomic E-state index is 0.0286. The number of benzene rings is 1. The Morgan fingerprint density at radius 2 is 2.22 bits per heavy atom. The largest absolute Gasteiger partial charge is 0.380 e. The molecule has 2 rings (SSSR count). The van der Waals surface area contributed by atoms with Crippen LogP contribution in [0.5, 0.6) is 0 Å². The van der Waals surface area contributed by atoms with E-state index >= 15 is 0 Å². The summed E-state index contributed by atoms with van der Waals surface area (Å²) in [4.78, 5) is 11.0. The van der Waals surface area contributed by atoms with Crippen LogP contribution in [0.1, 0.15) is 16.8 Å². The molecule has 1 aliphatic heterocycles. The molecule has 5 nitrogen and oxygen atoms in total. The zero-order chi connectivity index (χ0) is 13.2. The first-order chi connectivity index (χ1) is 8.49. The van der Waals surface area contributed by atoms with Crippen LogP contribution in [0.25, 0.3) is 0 Å². The first-order valence-corrected chi connectivity index (χ1v) is 7.25. The first kappa shape index (κ1) is 13.5. The summed E-state index contributed by atoms with van der Waals surface area (Å²) in [6.07, 6.45) is 0.646. The molecule has 0 radical (unpaired) electrons. The fourth-order valence-corrected chi connectivity index (χ4v) is 3.12. The van der Waals surface area contributed by atoms with Gasteiger partial charge < -0.3 is 4.74 Å². The number of halogens is 1. The van der Waals surface area contributed by atoms with Crippen LogP contribution >= 0.6 is 11.6 Å². The van der Waals surface area contributed by atoms with Crippen molar-refractivity contribution >= 4 is 26.9 Å². The van der Waals surface area contributed by atoms with E-state index in [1.807, 2.05) is 0 Å². The highest BCUT2D eigenvalue weighted by atomic mass is 35.5. The maximum Gasteiger partial charge on any atom is 0.252 e. The molecule has 0 unspecified atom stereocenters. The fraction of sp³-hybridized carbons (Fsp3) is 0.364. The van der Waals surface area contributed by atoms with Gasteiger partial charge in [-0.25, -0.2) is 13.1 Å². The lowest BCUT2D eigenvalue weighted by Gasteiger charge is -2.11. The molecule has 0 aliphatic carbocycles. The van der Waals surface area contributed by atoms with E-state index in [0.717, 1.165) is 0 Å². The molecule has 1 aromatic rings. The third-order valence-corrected chi connectivity index (χ3v) is 4.36. The van der Waals surface area contributed by atoms with Crippen molar-refractivity contribution in [3.8, 4) is 0 Å². The molecule has 1 fully saturated rings. The van der Waals surface area contributed by atoms with Gasteiger partial charge in [-0.1, -0.05) is 12.1 Å². The molecule has 7 heteroatoms. The molecule has 0 spiro atoms. The van der Waals surface area contributed by atoms with Gasteiger partial charge in [-0.05, 0) is 30.2 Å². The van der Waals surface area contributed by atoms with Crippen LogP contribution in [-0.4, -0.2) is 32.9 Å². The molecule has 1 N–H and O–H groups in total. The lowest BCUT2D eigenvalue weighted by atomic mass is 10.2. The number of carbonyl (C=O) groups excluding carboxylic acids is 1. The highest BCUT2D eigenvalue weighted by Gasteiger charge is 2.23. The van der Waals surface area contributed by atoms with Crippen LogP contribution in [0, 0.1) is 0 Å². The summed E-state index contributed by atoms with van der Waals surface area (Å²) in [7, 11) is -3.64. The van der Waals surface area contributed by atoms with E-state index in [0.29, 0.717) is 19.6 Å². The molecule has 1 atom stereocenters. The van der Waals surface area contributed by atoms with E-state index < -0.39 is 15.3 Å². The van der Waals surface area contributed by atoms with Crippen molar-refractivity contribution in [2.75, 3.05) is 13.2 Å². The number of ether oxygens (including phenoxy) is 1. The summed E-state index contributed by atoms with van der Waals surface area (Å²) >= 11 is 5.32. The zero-order valence-corrected chi connectivity index (χ0v) is 11.0. The standard InChI is InChI=1S/C11H12ClNO4S/c12-11(14)8-2-1-3-10(6-8)18(15,16)13-9-4-5-17-7-9/h1-3,6,9,13H,4-5,7H2/t9-/m0/s1. The van der Waals surface area contributed by atoms with Gasteiger partial charge in [-0.15, -0.1) is 0 Å². The van der Waals surface area contributed by atoms with E-state index in [2.05, 4.69) is 4.72 Å². The predicted octanol–water partition coefficient (Wildman–Crippen LogP) is 1.13. The molecule has 0 bridgehead atoms. The minimum atomic E-state index is -3.64. The number of nitrogens with one attached hydrogen (secondary N) is 1. The van der Waals surface area contributed by atoms with Crippen molar-refractivity contribution < 1.29 is 17.9 Å². The molecule has 0 aromatic heterocycles. The number of carbonyl (C=O) groups is 1. The first-order valence-electron chi connectivity index (χ1n) is 5.39. The average Bonchev–Trinajstić information content (AvgIpc) is 2.81. The normalized spacial score (nSPS) is 19.9. The summed E-state index contributed by atoms with van der Waals surface area (Å²) in [6.45, 7) is 0.917. The monoisotopic (exact) mass is 289 g/mol. The minimum Gasteiger partial charge on any atom is -0.380 e. The van der Waals surface area contributed by atoms with Crippen molar-refractivity contribution in [1.29, 1.82) is 0 Å². The Morgan fingerprint density at radius 1 is 1.44 bits per heavy atom. The van der Waals surface area contributed by atoms with Gasteiger partial charge in [0.15, 0.2) is 0 Å². The molecule has 18 heavy (non-hydrogen) atoms. The SMILES string of the molecule is O=C(Cl)c1cccc(S(=O)(=O)N[C@H]2CCOC2)c1. The number of hydrogen-bond acceptors (Lipinski definition) is 4. The highest BCUT2D eigenvalue weighted by molar-refractivity contribution is 7.89. The van der Waals surface area contributed by atoms with Crippen LogP contribution in [0.15, 0.2) is 29.2 Å². The Balaban J connectivity index is 2.23. The predicted molar refractivity (Wildman–Crippen MR) is 66.2 cm³/mol. The lowest BCUT2D eigenvalue weighted by molar-refractivity contribution is 0.108. The van der Waals surface area contributed by atoms with Gasteiger partial charge in [0.25, 0.3) is 5.24 Å². The van der Waals surface area contributed by atoms with Crippen molar-refractivity contribution in [2.45, 2.75) is 17.4 Å². The zero-order valence-electron chi connectivity index (χ0n) is 9.43. The van der Waals surface area contributed by atoms with Crippen LogP contribution in [0.4, 0.5) is 0 Å². The smallest absolute Gasteiger partial charge is 0.252 e. The van der Waals surface area contributed by atoms with Gasteiger partial charge in [0.05, 0.1) is 11.5 Å². The van der Waals surface area contributed by atoms with E-state index in [1.54, 1.807) is 0 Å². The third-order valence-electron chi connectivity index (χ3n) is 2.62. The van der Waals surface area contributed by atoms with Crippen molar-refractivity contribution in [3.05, 3.63) is 29.8 Å². The molecule has 0 amide bonds. The van der Waals surface area contributed by atoms with Gasteiger partial charge in [0.1, 0.15) is 0 Å². The van der Waals surface area contributed by atoms with E-state index in [1.165, 1.54) is 24.3 Å². The number of rotatable bonds is 4. The topological polar surface area (TPSA) is 72.5 Å². The molecule has 1 heterocycles. The van der Waals surface area contributed by atoms with Crippen LogP contribution in [0.3, 0.4) is 0 Å². The average molecular weight is 290 g/mol. The maximum absolute atomic E-state index is 12.0. The number of sulfonamides is 1. The van der Waals surface area contributed by atoms with Crippen molar-refractivity contribution in [1.82, 2.24) is 4.72 Å². The Labute approximate surface area is 110 Å². The molecule has 1 aromatic carbocycles. The van der Waals surface area contributed by atoms with Gasteiger partial charge >= 0.3 is 0 Å². The van der Waals surface area contributed by atoms with Crippen LogP contribution < -0.4 is 4.72 Å². The summed E-state index contributed by atoms with van der Waals surface area (Å²) in [5, 5.41) is -0.684. The number of hydrogen-bond donors (Lipinski definition) is 1. The third kappa shape index (κ3) is 3.08. The fourth-order valence-electron chi connectivity index (χ4n) is 1.70. The summed E-state index contributed by atoms with van der Waals surface area (Å²) in [5.41, 5.74) is 0.155. The lowest BCUT2D eigenvalue weighted by Crippen LogP contribution is -2.35. The van der Waals surface area contributed by atoms with Gasteiger partial charge in [0, 0.05) is 18.2 Å². The molecule has 1 aliphatic rings. The van der Waals surface area contributed by atoms with Crippen molar-refractivity contribution in [2.24, 2.45) is 0 Å². The molecular weight excluding hydrogens is 278 g/mol. The van der Waals surface area contributed by atoms with E-state index in [-0.39, 0.29) is 16.5 Å². The highest BCUT2D eigenvalue weighted by Crippen LogP contribution is 2.15. The summed E-state index contributed by atoms with van der Waals surface area (Å²) in [5.74, 6) is 0. The molecular formula is C11H12ClNO4S. The Bertz CT molecular complexity index is 552. The summed E-state index contributed by atoms with van der Waals surface area (Å²) in [6, 6.07) is 5.41. The Kier molecular flexibility index (Phi) is 4.01. The molecule has 98 valence electrons. The quantitative estimate of drug-likeness (QED) is 0.844.